The molecule has 1 aliphatic heterocycles. The van der Waals surface area contributed by atoms with E-state index in [4.69, 9.17) is 25.2 Å². The normalized spacial score (nSPS) is 24.6. The van der Waals surface area contributed by atoms with Gasteiger partial charge in [0.1, 0.15) is 12.0 Å². The van der Waals surface area contributed by atoms with Crippen LogP contribution in [0.15, 0.2) is 11.0 Å². The molecule has 15 nitrogen and oxygen atoms in total. The third-order valence-electron chi connectivity index (χ3n) is 3.41. The first-order valence-electron chi connectivity index (χ1n) is 7.46. The Bertz CT molecular complexity index is 928. The van der Waals surface area contributed by atoms with Crippen LogP contribution in [0.4, 0.5) is 5.82 Å². The standard InChI is InChI=1S/C10H18N3O12P3/c1-6-4-13(10(14)12-9(6)11)8-3-2-7(23-8)5-22-27(18,19)25-28(20,21)24-26(15,16)17/h4,7-8H,2-3,5H2,1H3,(H,18,19)(H,20,21)(H2,11,12,14)(H2,15,16,17). The highest BCUT2D eigenvalue weighted by Gasteiger charge is 2.41. The van der Waals surface area contributed by atoms with Gasteiger partial charge in [-0.25, -0.2) is 18.5 Å². The Balaban J connectivity index is 1.95. The summed E-state index contributed by atoms with van der Waals surface area (Å²) < 4.78 is 51.9. The first-order chi connectivity index (χ1) is 12.7. The molecule has 1 aromatic rings. The van der Waals surface area contributed by atoms with Gasteiger partial charge in [-0.3, -0.25) is 9.09 Å². The van der Waals surface area contributed by atoms with Crippen LogP contribution in [0, 0.1) is 6.92 Å². The van der Waals surface area contributed by atoms with Crippen LogP contribution >= 0.6 is 23.5 Å². The van der Waals surface area contributed by atoms with Crippen molar-refractivity contribution in [3.63, 3.8) is 0 Å². The maximum Gasteiger partial charge on any atom is 0.490 e. The lowest BCUT2D eigenvalue weighted by molar-refractivity contribution is -0.0243. The van der Waals surface area contributed by atoms with Crippen molar-refractivity contribution in [2.45, 2.75) is 32.1 Å². The molecule has 1 aliphatic rings. The van der Waals surface area contributed by atoms with E-state index < -0.39 is 48.1 Å². The van der Waals surface area contributed by atoms with Gasteiger partial charge in [0.2, 0.25) is 0 Å². The Morgan fingerprint density at radius 2 is 1.86 bits per heavy atom. The van der Waals surface area contributed by atoms with Crippen molar-refractivity contribution < 1.29 is 51.2 Å². The second kappa shape index (κ2) is 8.42. The lowest BCUT2D eigenvalue weighted by Crippen LogP contribution is -2.28. The summed E-state index contributed by atoms with van der Waals surface area (Å²) >= 11 is 0. The zero-order valence-corrected chi connectivity index (χ0v) is 16.9. The Morgan fingerprint density at radius 1 is 1.21 bits per heavy atom. The highest BCUT2D eigenvalue weighted by atomic mass is 31.3. The highest BCUT2D eigenvalue weighted by molar-refractivity contribution is 7.66. The number of hydrogen-bond donors (Lipinski definition) is 5. The van der Waals surface area contributed by atoms with E-state index in [0.717, 1.165) is 0 Å². The monoisotopic (exact) mass is 465 g/mol. The SMILES string of the molecule is Cc1cn(C2CCC(COP(=O)(O)OP(=O)(O)OP(=O)(O)O)O2)c(=O)nc1N. The van der Waals surface area contributed by atoms with Gasteiger partial charge in [-0.1, -0.05) is 0 Å². The van der Waals surface area contributed by atoms with Crippen LogP contribution < -0.4 is 11.4 Å². The fraction of sp³-hybridized carbons (Fsp3) is 0.600. The molecular formula is C10H18N3O12P3. The van der Waals surface area contributed by atoms with Crippen molar-refractivity contribution in [2.24, 2.45) is 0 Å². The molecule has 28 heavy (non-hydrogen) atoms. The minimum Gasteiger partial charge on any atom is -0.383 e. The van der Waals surface area contributed by atoms with E-state index >= 15 is 0 Å². The van der Waals surface area contributed by atoms with Crippen LogP contribution in [0.3, 0.4) is 0 Å². The average Bonchev–Trinajstić information content (AvgIpc) is 2.94. The second-order valence-electron chi connectivity index (χ2n) is 5.68. The number of hydrogen-bond acceptors (Lipinski definition) is 10. The smallest absolute Gasteiger partial charge is 0.383 e. The molecular weight excluding hydrogens is 447 g/mol. The lowest BCUT2D eigenvalue weighted by Gasteiger charge is -2.19. The maximum absolute atomic E-state index is 11.9. The van der Waals surface area contributed by atoms with Crippen LogP contribution in [0.1, 0.15) is 24.6 Å². The van der Waals surface area contributed by atoms with Crippen LogP contribution in [-0.4, -0.2) is 41.8 Å². The molecule has 0 radical (unpaired) electrons. The predicted octanol–water partition coefficient (Wildman–Crippen LogP) is 0.155. The summed E-state index contributed by atoms with van der Waals surface area (Å²) in [7, 11) is -16.3. The van der Waals surface area contributed by atoms with Gasteiger partial charge in [-0.15, -0.1) is 0 Å². The van der Waals surface area contributed by atoms with Crippen molar-refractivity contribution in [1.82, 2.24) is 9.55 Å². The molecule has 0 saturated carbocycles. The van der Waals surface area contributed by atoms with Crippen LogP contribution in [0.2, 0.25) is 0 Å². The molecule has 2 rings (SSSR count). The summed E-state index contributed by atoms with van der Waals surface area (Å²) in [6.07, 6.45) is 0.527. The van der Waals surface area contributed by atoms with Gasteiger partial charge in [0.05, 0.1) is 12.7 Å². The zero-order valence-electron chi connectivity index (χ0n) is 14.2. The summed E-state index contributed by atoms with van der Waals surface area (Å²) in [5.41, 5.74) is 5.43. The molecule has 18 heteroatoms. The van der Waals surface area contributed by atoms with Crippen molar-refractivity contribution in [1.29, 1.82) is 0 Å². The van der Waals surface area contributed by atoms with Crippen molar-refractivity contribution in [3.05, 3.63) is 22.2 Å². The third-order valence-corrected chi connectivity index (χ3v) is 7.21. The molecule has 160 valence electrons. The Hall–Kier alpha value is -0.950. The average molecular weight is 465 g/mol. The molecule has 1 saturated heterocycles. The fourth-order valence-corrected chi connectivity index (χ4v) is 5.33. The quantitative estimate of drug-likeness (QED) is 0.322. The number of phosphoric acid groups is 3. The summed E-state index contributed by atoms with van der Waals surface area (Å²) in [6.45, 7) is 1.05. The number of phosphoric ester groups is 1. The van der Waals surface area contributed by atoms with Gasteiger partial charge >= 0.3 is 29.2 Å². The van der Waals surface area contributed by atoms with Crippen molar-refractivity contribution in [2.75, 3.05) is 12.3 Å². The number of nitrogen functional groups attached to an aromatic ring is 1. The Labute approximate surface area is 157 Å². The molecule has 4 atom stereocenters. The molecule has 2 heterocycles. The van der Waals surface area contributed by atoms with Crippen LogP contribution in [-0.2, 0) is 31.6 Å². The first-order valence-corrected chi connectivity index (χ1v) is 12.0. The van der Waals surface area contributed by atoms with E-state index in [1.54, 1.807) is 6.92 Å². The molecule has 0 spiro atoms. The second-order valence-corrected chi connectivity index (χ2v) is 10.1. The van der Waals surface area contributed by atoms with E-state index in [1.807, 2.05) is 0 Å². The van der Waals surface area contributed by atoms with E-state index in [0.29, 0.717) is 12.0 Å². The van der Waals surface area contributed by atoms with E-state index in [2.05, 4.69) is 18.1 Å². The number of rotatable bonds is 8. The van der Waals surface area contributed by atoms with Gasteiger partial charge in [0.25, 0.3) is 0 Å². The molecule has 0 bridgehead atoms. The third kappa shape index (κ3) is 6.83. The summed E-state index contributed by atoms with van der Waals surface area (Å²) in [5, 5.41) is 0. The maximum atomic E-state index is 11.9. The molecule has 0 aliphatic carbocycles. The van der Waals surface area contributed by atoms with Gasteiger partial charge in [-0.2, -0.15) is 13.6 Å². The number of nitrogens with two attached hydrogens (primary N) is 1. The molecule has 4 unspecified atom stereocenters. The van der Waals surface area contributed by atoms with Crippen molar-refractivity contribution >= 4 is 29.3 Å². The number of anilines is 1. The molecule has 1 fully saturated rings. The summed E-state index contributed by atoms with van der Waals surface area (Å²) in [4.78, 5) is 50.9. The topological polar surface area (TPSA) is 230 Å². The number of aromatic nitrogens is 2. The number of ether oxygens (including phenoxy) is 1. The molecule has 0 amide bonds. The van der Waals surface area contributed by atoms with Crippen LogP contribution in [0.25, 0.3) is 0 Å². The Morgan fingerprint density at radius 3 is 2.46 bits per heavy atom. The minimum absolute atomic E-state index is 0.0726. The van der Waals surface area contributed by atoms with Gasteiger partial charge < -0.3 is 30.0 Å². The minimum atomic E-state index is -5.58. The fourth-order valence-electron chi connectivity index (χ4n) is 2.28. The van der Waals surface area contributed by atoms with Gasteiger partial charge in [-0.05, 0) is 19.8 Å². The largest absolute Gasteiger partial charge is 0.490 e. The zero-order chi connectivity index (χ0) is 21.3. The number of aryl methyl sites for hydroxylation is 1. The summed E-state index contributed by atoms with van der Waals surface area (Å²) in [6, 6.07) is 0. The first kappa shape index (κ1) is 23.3. The molecule has 0 aromatic carbocycles. The van der Waals surface area contributed by atoms with Gasteiger partial charge in [0.15, 0.2) is 0 Å². The number of nitrogens with zero attached hydrogens (tertiary/aromatic N) is 2. The van der Waals surface area contributed by atoms with Crippen molar-refractivity contribution in [3.8, 4) is 0 Å². The predicted molar refractivity (Wildman–Crippen MR) is 90.6 cm³/mol. The van der Waals surface area contributed by atoms with E-state index in [9.17, 15) is 23.4 Å². The van der Waals surface area contributed by atoms with Gasteiger partial charge in [0, 0.05) is 11.8 Å². The Kier molecular flexibility index (Phi) is 7.02. The lowest BCUT2D eigenvalue weighted by atomic mass is 10.2. The molecule has 6 N–H and O–H groups in total. The van der Waals surface area contributed by atoms with E-state index in [-0.39, 0.29) is 12.2 Å². The highest BCUT2D eigenvalue weighted by Crippen LogP contribution is 2.66. The van der Waals surface area contributed by atoms with Crippen LogP contribution in [0.5, 0.6) is 0 Å². The summed E-state index contributed by atoms with van der Waals surface area (Å²) in [5.74, 6) is 0.0726. The molecule has 1 aromatic heterocycles. The van der Waals surface area contributed by atoms with E-state index in [1.165, 1.54) is 10.8 Å².